The molecule has 5 atom stereocenters. The maximum absolute atomic E-state index is 12.5. The molecule has 0 amide bonds. The summed E-state index contributed by atoms with van der Waals surface area (Å²) in [6.07, 6.45) is 31.2. The second kappa shape index (κ2) is 34.3. The molecule has 0 aliphatic rings. The summed E-state index contributed by atoms with van der Waals surface area (Å²) in [7, 11) is 0. The van der Waals surface area contributed by atoms with E-state index >= 15 is 0 Å². The lowest BCUT2D eigenvalue weighted by atomic mass is 10.0. The third-order valence-electron chi connectivity index (χ3n) is 11.0. The molecule has 0 aromatic carbocycles. The van der Waals surface area contributed by atoms with Crippen LogP contribution in [0.3, 0.4) is 0 Å². The fourth-order valence-electron chi connectivity index (χ4n) is 7.38. The van der Waals surface area contributed by atoms with E-state index < -0.39 is 12.2 Å². The highest BCUT2D eigenvalue weighted by Crippen LogP contribution is 2.18. The predicted octanol–water partition coefficient (Wildman–Crippen LogP) is 10.7. The van der Waals surface area contributed by atoms with Gasteiger partial charge in [0.25, 0.3) is 0 Å². The molecule has 0 bridgehead atoms. The van der Waals surface area contributed by atoms with Gasteiger partial charge in [0, 0.05) is 50.9 Å². The molecule has 54 heavy (non-hydrogen) atoms. The minimum absolute atomic E-state index is 0.0301. The quantitative estimate of drug-likeness (QED) is 0.0505. The molecule has 0 fully saturated rings. The average molecular weight is 764 g/mol. The Kier molecular flexibility index (Phi) is 31.8. The van der Waals surface area contributed by atoms with E-state index in [-0.39, 0.29) is 30.2 Å². The summed E-state index contributed by atoms with van der Waals surface area (Å²) < 4.78 is 13.6. The number of nitrogens with zero attached hydrogens (tertiary/aromatic N) is 3. The van der Waals surface area contributed by atoms with Gasteiger partial charge in [0.15, 0.2) is 0 Å². The van der Waals surface area contributed by atoms with Crippen molar-refractivity contribution < 1.29 is 29.3 Å². The van der Waals surface area contributed by atoms with Gasteiger partial charge in [-0.05, 0) is 70.6 Å². The monoisotopic (exact) mass is 764 g/mol. The van der Waals surface area contributed by atoms with Crippen LogP contribution in [0.4, 0.5) is 0 Å². The van der Waals surface area contributed by atoms with E-state index in [1.807, 2.05) is 12.5 Å². The highest BCUT2D eigenvalue weighted by Gasteiger charge is 2.23. The molecule has 9 nitrogen and oxygen atoms in total. The molecule has 0 saturated heterocycles. The fraction of sp³-hybridized carbons (Fsp3) is 0.889. The molecule has 0 aliphatic carbocycles. The van der Waals surface area contributed by atoms with E-state index in [2.05, 4.69) is 49.1 Å². The van der Waals surface area contributed by atoms with E-state index in [9.17, 15) is 19.8 Å². The van der Waals surface area contributed by atoms with Gasteiger partial charge in [0.05, 0.1) is 18.5 Å². The van der Waals surface area contributed by atoms with Crippen molar-refractivity contribution in [2.45, 2.75) is 245 Å². The average Bonchev–Trinajstić information content (AvgIpc) is 3.68. The molecule has 9 heteroatoms. The van der Waals surface area contributed by atoms with Crippen LogP contribution in [-0.2, 0) is 25.6 Å². The summed E-state index contributed by atoms with van der Waals surface area (Å²) in [6, 6.07) is 0.152. The number of hydrogen-bond donors (Lipinski definition) is 2. The van der Waals surface area contributed by atoms with Crippen LogP contribution in [0.15, 0.2) is 18.7 Å². The number of aromatic nitrogens is 2. The standard InChI is InChI=1S/C45H85N3O6/c1-6-11-13-15-17-23-29-42(9-4)53-44(51)31-25-19-21-27-40(49)36-48(39(8-3)35-47-34-33-46-38-47)37-41(50)28-22-20-26-32-45(52)54-43(10-5)30-24-18-16-14-12-7-2/h33-34,38-43,49-50H,6-32,35-37H2,1-5H3. The Bertz CT molecular complexity index is 936. The number of rotatable bonds is 38. The smallest absolute Gasteiger partial charge is 0.306 e. The summed E-state index contributed by atoms with van der Waals surface area (Å²) in [5.74, 6) is -0.189. The topological polar surface area (TPSA) is 114 Å². The Balaban J connectivity index is 2.43. The van der Waals surface area contributed by atoms with Gasteiger partial charge >= 0.3 is 11.9 Å². The van der Waals surface area contributed by atoms with Gasteiger partial charge in [0.2, 0.25) is 0 Å². The second-order valence-electron chi connectivity index (χ2n) is 15.9. The van der Waals surface area contributed by atoms with E-state index in [1.165, 1.54) is 64.2 Å². The number of unbranched alkanes of at least 4 members (excludes halogenated alkanes) is 14. The van der Waals surface area contributed by atoms with Crippen LogP contribution in [0.2, 0.25) is 0 Å². The molecular formula is C45H85N3O6. The molecule has 0 saturated carbocycles. The Morgan fingerprint density at radius 1 is 0.593 bits per heavy atom. The van der Waals surface area contributed by atoms with E-state index in [1.54, 1.807) is 6.20 Å². The number of carbonyl (C=O) groups is 2. The van der Waals surface area contributed by atoms with Crippen molar-refractivity contribution >= 4 is 11.9 Å². The van der Waals surface area contributed by atoms with Crippen LogP contribution in [0.25, 0.3) is 0 Å². The van der Waals surface area contributed by atoms with Crippen molar-refractivity contribution in [3.8, 4) is 0 Å². The largest absolute Gasteiger partial charge is 0.462 e. The molecule has 2 N–H and O–H groups in total. The lowest BCUT2D eigenvalue weighted by Crippen LogP contribution is -2.46. The molecule has 1 heterocycles. The van der Waals surface area contributed by atoms with Gasteiger partial charge in [-0.1, -0.05) is 125 Å². The van der Waals surface area contributed by atoms with E-state index in [4.69, 9.17) is 9.47 Å². The number of aliphatic hydroxyl groups excluding tert-OH is 2. The van der Waals surface area contributed by atoms with Crippen LogP contribution >= 0.6 is 0 Å². The summed E-state index contributed by atoms with van der Waals surface area (Å²) in [5.41, 5.74) is 0. The maximum atomic E-state index is 12.5. The Morgan fingerprint density at radius 2 is 1.02 bits per heavy atom. The molecule has 0 aliphatic heterocycles. The number of carbonyl (C=O) groups excluding carboxylic acids is 2. The molecule has 1 rings (SSSR count). The van der Waals surface area contributed by atoms with Crippen molar-refractivity contribution in [3.05, 3.63) is 18.7 Å². The number of aliphatic hydroxyl groups is 2. The van der Waals surface area contributed by atoms with E-state index in [0.717, 1.165) is 90.0 Å². The summed E-state index contributed by atoms with van der Waals surface area (Å²) >= 11 is 0. The first-order valence-electron chi connectivity index (χ1n) is 22.7. The van der Waals surface area contributed by atoms with Gasteiger partial charge in [-0.25, -0.2) is 4.98 Å². The third-order valence-corrected chi connectivity index (χ3v) is 11.0. The molecule has 1 aromatic heterocycles. The summed E-state index contributed by atoms with van der Waals surface area (Å²) in [5, 5.41) is 22.2. The van der Waals surface area contributed by atoms with Crippen molar-refractivity contribution in [1.82, 2.24) is 14.5 Å². The Hall–Kier alpha value is -1.97. The Morgan fingerprint density at radius 3 is 1.43 bits per heavy atom. The van der Waals surface area contributed by atoms with Crippen LogP contribution in [0, 0.1) is 0 Å². The van der Waals surface area contributed by atoms with Gasteiger partial charge < -0.3 is 24.3 Å². The first-order valence-corrected chi connectivity index (χ1v) is 22.7. The zero-order valence-corrected chi connectivity index (χ0v) is 35.7. The summed E-state index contributed by atoms with van der Waals surface area (Å²) in [6.45, 7) is 12.5. The van der Waals surface area contributed by atoms with Crippen LogP contribution < -0.4 is 0 Å². The summed E-state index contributed by atoms with van der Waals surface area (Å²) in [4.78, 5) is 31.4. The normalized spacial score (nSPS) is 14.5. The molecule has 0 radical (unpaired) electrons. The maximum Gasteiger partial charge on any atom is 0.306 e. The first kappa shape index (κ1) is 50.0. The molecule has 5 unspecified atom stereocenters. The SMILES string of the molecule is CCCCCCCCC(CC)OC(=O)CCCCCC(O)CN(CC(O)CCCCCC(=O)OC(CC)CCCCCCCC)C(CC)Cn1ccnc1. The zero-order valence-electron chi connectivity index (χ0n) is 35.7. The van der Waals surface area contributed by atoms with E-state index in [0.29, 0.717) is 38.8 Å². The highest BCUT2D eigenvalue weighted by molar-refractivity contribution is 5.69. The highest BCUT2D eigenvalue weighted by atomic mass is 16.5. The minimum atomic E-state index is -0.512. The Labute approximate surface area is 331 Å². The van der Waals surface area contributed by atoms with Crippen molar-refractivity contribution in [3.63, 3.8) is 0 Å². The number of imidazole rings is 1. The van der Waals surface area contributed by atoms with Crippen molar-refractivity contribution in [1.29, 1.82) is 0 Å². The molecular weight excluding hydrogens is 679 g/mol. The fourth-order valence-corrected chi connectivity index (χ4v) is 7.38. The van der Waals surface area contributed by atoms with Gasteiger partial charge in [-0.3, -0.25) is 14.5 Å². The lowest BCUT2D eigenvalue weighted by Gasteiger charge is -2.34. The second-order valence-corrected chi connectivity index (χ2v) is 15.9. The number of esters is 2. The zero-order chi connectivity index (χ0) is 39.7. The number of hydrogen-bond acceptors (Lipinski definition) is 8. The van der Waals surface area contributed by atoms with Crippen LogP contribution in [0.5, 0.6) is 0 Å². The minimum Gasteiger partial charge on any atom is -0.462 e. The predicted molar refractivity (Wildman–Crippen MR) is 222 cm³/mol. The van der Waals surface area contributed by atoms with Gasteiger partial charge in [-0.2, -0.15) is 0 Å². The molecule has 1 aromatic rings. The molecule has 316 valence electrons. The van der Waals surface area contributed by atoms with Gasteiger partial charge in [0.1, 0.15) is 12.2 Å². The van der Waals surface area contributed by atoms with Gasteiger partial charge in [-0.15, -0.1) is 0 Å². The molecule has 0 spiro atoms. The van der Waals surface area contributed by atoms with Crippen LogP contribution in [-0.4, -0.2) is 80.1 Å². The number of ether oxygens (including phenoxy) is 2. The van der Waals surface area contributed by atoms with Crippen molar-refractivity contribution in [2.75, 3.05) is 13.1 Å². The first-order chi connectivity index (χ1) is 26.3. The van der Waals surface area contributed by atoms with Crippen molar-refractivity contribution in [2.24, 2.45) is 0 Å². The third kappa shape index (κ3) is 26.8. The van der Waals surface area contributed by atoms with Crippen LogP contribution in [0.1, 0.15) is 208 Å². The lowest BCUT2D eigenvalue weighted by molar-refractivity contribution is -0.150.